The molecular weight excluding hydrogens is 680 g/mol. The van der Waals surface area contributed by atoms with Crippen LogP contribution in [0.15, 0.2) is 72.8 Å². The summed E-state index contributed by atoms with van der Waals surface area (Å²) in [6, 6.07) is 15.0. The molecule has 3 fully saturated rings. The first-order chi connectivity index (χ1) is 24.3. The Bertz CT molecular complexity index is 1770. The Morgan fingerprint density at radius 1 is 0.769 bits per heavy atom. The number of epoxide rings is 1. The lowest BCUT2D eigenvalue weighted by atomic mass is 9.70. The number of ether oxygens (including phenoxy) is 5. The third-order valence-corrected chi connectivity index (χ3v) is 10.2. The minimum atomic E-state index is -2.86. The molecular formula is C38H42O14. The van der Waals surface area contributed by atoms with Gasteiger partial charge in [-0.2, -0.15) is 0 Å². The fraction of sp³-hybridized carbons (Fsp3) is 0.474. The van der Waals surface area contributed by atoms with Gasteiger partial charge in [0.1, 0.15) is 23.9 Å². The lowest BCUT2D eigenvalue weighted by molar-refractivity contribution is -0.196. The number of esters is 4. The molecule has 0 amide bonds. The summed E-state index contributed by atoms with van der Waals surface area (Å²) in [5, 5.41) is 35.8. The van der Waals surface area contributed by atoms with Gasteiger partial charge < -0.3 is 39.0 Å². The quantitative estimate of drug-likeness (QED) is 0.168. The van der Waals surface area contributed by atoms with E-state index in [2.05, 4.69) is 6.58 Å². The molecule has 0 spiro atoms. The van der Waals surface area contributed by atoms with E-state index >= 15 is 0 Å². The SMILES string of the molecule is C=C1[C@H](OC(=O)c2ccccc2)[C@H]2[C@@H](OC(C)=O)[C@](C)(O)[C@H](O)[C@]2(OC(C)=O)C(=O)[C@@H](C)[C@@H]2O[C@H]2C(C)(C)C(=O)[C@H](O)[C@H]1OC(=O)c1ccccc1. The number of aliphatic hydroxyl groups excluding tert-OH is 2. The van der Waals surface area contributed by atoms with Crippen LogP contribution in [0.25, 0.3) is 0 Å². The molecule has 0 aromatic heterocycles. The normalized spacial score (nSPS) is 35.5. The van der Waals surface area contributed by atoms with Crippen molar-refractivity contribution in [3.63, 3.8) is 0 Å². The van der Waals surface area contributed by atoms with E-state index in [4.69, 9.17) is 23.7 Å². The average Bonchev–Trinajstić information content (AvgIpc) is 3.90. The Hall–Kier alpha value is -4.76. The minimum absolute atomic E-state index is 0.000907. The zero-order chi connectivity index (χ0) is 38.5. The van der Waals surface area contributed by atoms with E-state index in [1.807, 2.05) is 0 Å². The van der Waals surface area contributed by atoms with Crippen molar-refractivity contribution >= 4 is 35.4 Å². The van der Waals surface area contributed by atoms with E-state index in [9.17, 15) is 44.1 Å². The molecule has 14 heteroatoms. The van der Waals surface area contributed by atoms with E-state index in [-0.39, 0.29) is 11.1 Å². The molecule has 5 rings (SSSR count). The van der Waals surface area contributed by atoms with Crippen molar-refractivity contribution in [1.82, 2.24) is 0 Å². The van der Waals surface area contributed by atoms with Gasteiger partial charge in [0.05, 0.1) is 34.7 Å². The lowest BCUT2D eigenvalue weighted by Gasteiger charge is -2.43. The van der Waals surface area contributed by atoms with Crippen LogP contribution in [0.4, 0.5) is 0 Å². The Morgan fingerprint density at radius 3 is 1.75 bits per heavy atom. The van der Waals surface area contributed by atoms with Gasteiger partial charge in [0.15, 0.2) is 23.8 Å². The molecule has 2 saturated carbocycles. The van der Waals surface area contributed by atoms with Crippen molar-refractivity contribution in [3.8, 4) is 0 Å². The minimum Gasteiger partial charge on any atom is -0.459 e. The summed E-state index contributed by atoms with van der Waals surface area (Å²) in [7, 11) is 0. The number of hydrogen-bond donors (Lipinski definition) is 3. The number of rotatable bonds is 6. The van der Waals surface area contributed by atoms with Gasteiger partial charge in [0.2, 0.25) is 5.60 Å². The number of benzene rings is 2. The number of carbonyl (C=O) groups excluding carboxylic acids is 6. The van der Waals surface area contributed by atoms with Crippen LogP contribution >= 0.6 is 0 Å². The highest BCUT2D eigenvalue weighted by Gasteiger charge is 2.77. The first kappa shape index (κ1) is 38.5. The molecule has 2 aliphatic carbocycles. The van der Waals surface area contributed by atoms with Gasteiger partial charge in [-0.05, 0) is 31.2 Å². The summed E-state index contributed by atoms with van der Waals surface area (Å²) in [6.45, 7) is 11.3. The number of hydrogen-bond acceptors (Lipinski definition) is 14. The molecule has 2 aromatic carbocycles. The van der Waals surface area contributed by atoms with Gasteiger partial charge in [-0.15, -0.1) is 0 Å². The Morgan fingerprint density at radius 2 is 1.27 bits per heavy atom. The average molecular weight is 723 g/mol. The number of aliphatic hydroxyl groups is 3. The van der Waals surface area contributed by atoms with Gasteiger partial charge >= 0.3 is 23.9 Å². The fourth-order valence-corrected chi connectivity index (χ4v) is 7.47. The van der Waals surface area contributed by atoms with Crippen LogP contribution in [0, 0.1) is 17.3 Å². The number of fused-ring (bicyclic) bond motifs is 2. The number of ketones is 2. The van der Waals surface area contributed by atoms with Crippen LogP contribution in [0.2, 0.25) is 0 Å². The maximum Gasteiger partial charge on any atom is 0.338 e. The molecule has 0 radical (unpaired) electrons. The van der Waals surface area contributed by atoms with Crippen molar-refractivity contribution in [2.24, 2.45) is 17.3 Å². The van der Waals surface area contributed by atoms with Crippen LogP contribution in [-0.2, 0) is 42.9 Å². The van der Waals surface area contributed by atoms with Crippen LogP contribution in [0.5, 0.6) is 0 Å². The second-order valence-electron chi connectivity index (χ2n) is 14.2. The van der Waals surface area contributed by atoms with E-state index < -0.39 is 112 Å². The fourth-order valence-electron chi connectivity index (χ4n) is 7.47. The third-order valence-electron chi connectivity index (χ3n) is 10.2. The van der Waals surface area contributed by atoms with E-state index in [1.54, 1.807) is 12.1 Å². The zero-order valence-corrected chi connectivity index (χ0v) is 29.5. The molecule has 3 aliphatic rings. The van der Waals surface area contributed by atoms with Gasteiger partial charge in [-0.25, -0.2) is 9.59 Å². The predicted molar refractivity (Wildman–Crippen MR) is 178 cm³/mol. The largest absolute Gasteiger partial charge is 0.459 e. The Labute approximate surface area is 299 Å². The van der Waals surface area contributed by atoms with Crippen molar-refractivity contribution < 1.29 is 67.8 Å². The van der Waals surface area contributed by atoms with Gasteiger partial charge in [-0.3, -0.25) is 19.2 Å². The second-order valence-corrected chi connectivity index (χ2v) is 14.2. The summed E-state index contributed by atoms with van der Waals surface area (Å²) < 4.78 is 28.9. The molecule has 1 heterocycles. The highest BCUT2D eigenvalue weighted by molar-refractivity contribution is 5.96. The summed E-state index contributed by atoms with van der Waals surface area (Å²) in [5.74, 6) is -9.48. The molecule has 3 N–H and O–H groups in total. The monoisotopic (exact) mass is 722 g/mol. The van der Waals surface area contributed by atoms with Crippen molar-refractivity contribution in [2.75, 3.05) is 0 Å². The Kier molecular flexibility index (Phi) is 10.4. The Balaban J connectivity index is 1.82. The second kappa shape index (κ2) is 14.0. The molecule has 0 unspecified atom stereocenters. The van der Waals surface area contributed by atoms with Crippen LogP contribution in [0.1, 0.15) is 62.3 Å². The lowest BCUT2D eigenvalue weighted by Crippen LogP contribution is -2.63. The summed E-state index contributed by atoms with van der Waals surface area (Å²) in [6.07, 6.45) is -12.7. The van der Waals surface area contributed by atoms with Gasteiger partial charge in [0, 0.05) is 25.3 Å². The molecule has 278 valence electrons. The maximum absolute atomic E-state index is 14.9. The van der Waals surface area contributed by atoms with Gasteiger partial charge in [0.25, 0.3) is 0 Å². The van der Waals surface area contributed by atoms with E-state index in [0.717, 1.165) is 20.8 Å². The summed E-state index contributed by atoms with van der Waals surface area (Å²) in [4.78, 5) is 82.1. The molecule has 14 nitrogen and oxygen atoms in total. The maximum atomic E-state index is 14.9. The predicted octanol–water partition coefficient (Wildman–Crippen LogP) is 1.91. The summed E-state index contributed by atoms with van der Waals surface area (Å²) >= 11 is 0. The number of Topliss-reactive ketones (excluding diaryl/α,β-unsaturated/α-hetero) is 2. The van der Waals surface area contributed by atoms with Crippen LogP contribution in [0.3, 0.4) is 0 Å². The molecule has 11 atom stereocenters. The highest BCUT2D eigenvalue weighted by atomic mass is 16.6. The van der Waals surface area contributed by atoms with Crippen LogP contribution in [-0.4, -0.2) is 105 Å². The van der Waals surface area contributed by atoms with E-state index in [0.29, 0.717) is 0 Å². The van der Waals surface area contributed by atoms with Crippen molar-refractivity contribution in [2.45, 2.75) is 95.5 Å². The molecule has 1 saturated heterocycles. The topological polar surface area (TPSA) is 213 Å². The van der Waals surface area contributed by atoms with E-state index in [1.165, 1.54) is 69.3 Å². The smallest absolute Gasteiger partial charge is 0.338 e. The standard InChI is InChI=1S/C38H42O14/c1-18-26(50-33(44)22-14-10-8-11-15-22)24-31(48-20(3)39)37(7,47)35(46)38(24,52-21(4)40)29(42)19(2)28-32(49-28)36(5,6)30(43)25(41)27(18)51-34(45)23-16-12-9-13-17-23/h8-17,19,24-28,31-32,35,41,46-47H,1H2,2-7H3/t19-,24-,25+,26-,27-,28-,31+,32+,35-,37-,38+/m0/s1. The first-order valence-electron chi connectivity index (χ1n) is 16.7. The molecule has 52 heavy (non-hydrogen) atoms. The highest BCUT2D eigenvalue weighted by Crippen LogP contribution is 2.55. The summed E-state index contributed by atoms with van der Waals surface area (Å²) in [5.41, 5.74) is -7.57. The molecule has 1 aliphatic heterocycles. The first-order valence-corrected chi connectivity index (χ1v) is 16.7. The van der Waals surface area contributed by atoms with Crippen molar-refractivity contribution in [1.29, 1.82) is 0 Å². The third kappa shape index (κ3) is 6.55. The van der Waals surface area contributed by atoms with Crippen molar-refractivity contribution in [3.05, 3.63) is 83.9 Å². The van der Waals surface area contributed by atoms with Crippen LogP contribution < -0.4 is 0 Å². The van der Waals surface area contributed by atoms with Gasteiger partial charge in [-0.1, -0.05) is 63.7 Å². The molecule has 0 bridgehead atoms. The number of carbonyl (C=O) groups is 6. The molecule has 2 aromatic rings. The zero-order valence-electron chi connectivity index (χ0n) is 29.5.